The summed E-state index contributed by atoms with van der Waals surface area (Å²) in [6.07, 6.45) is 6.53. The van der Waals surface area contributed by atoms with Crippen molar-refractivity contribution < 1.29 is 15.0 Å². The minimum Gasteiger partial charge on any atom is -0.508 e. The Morgan fingerprint density at radius 1 is 1.05 bits per heavy atom. The van der Waals surface area contributed by atoms with Gasteiger partial charge in [0.05, 0.1) is 5.41 Å². The molecule has 1 aromatic rings. The zero-order valence-corrected chi connectivity index (χ0v) is 12.3. The highest BCUT2D eigenvalue weighted by molar-refractivity contribution is 5.83. The lowest BCUT2D eigenvalue weighted by atomic mass is 9.69. The lowest BCUT2D eigenvalue weighted by Gasteiger charge is -2.34. The number of hydrogen-bond donors (Lipinski definition) is 2. The van der Waals surface area contributed by atoms with Crippen molar-refractivity contribution in [1.29, 1.82) is 0 Å². The van der Waals surface area contributed by atoms with Gasteiger partial charge in [0.15, 0.2) is 0 Å². The van der Waals surface area contributed by atoms with Crippen molar-refractivity contribution in [3.8, 4) is 5.75 Å². The fraction of sp³-hybridized carbons (Fsp3) is 0.588. The lowest BCUT2D eigenvalue weighted by molar-refractivity contribution is -0.145. The number of phenols is 1. The van der Waals surface area contributed by atoms with Crippen LogP contribution in [-0.2, 0) is 10.2 Å². The number of aromatic hydroxyl groups is 1. The van der Waals surface area contributed by atoms with Crippen molar-refractivity contribution in [2.45, 2.75) is 50.4 Å². The van der Waals surface area contributed by atoms with E-state index in [1.807, 2.05) is 12.1 Å². The highest BCUT2D eigenvalue weighted by Gasteiger charge is 2.43. The van der Waals surface area contributed by atoms with Gasteiger partial charge in [0.25, 0.3) is 0 Å². The molecule has 3 rings (SSSR count). The molecule has 2 aliphatic rings. The Labute approximate surface area is 125 Å². The second-order valence-electron chi connectivity index (χ2n) is 6.34. The second kappa shape index (κ2) is 5.58. The zero-order chi connectivity index (χ0) is 14.9. The number of anilines is 1. The van der Waals surface area contributed by atoms with Crippen molar-refractivity contribution in [2.75, 3.05) is 18.0 Å². The van der Waals surface area contributed by atoms with Crippen LogP contribution >= 0.6 is 0 Å². The third-order valence-corrected chi connectivity index (χ3v) is 5.08. The summed E-state index contributed by atoms with van der Waals surface area (Å²) in [7, 11) is 0. The molecule has 0 atom stereocenters. The van der Waals surface area contributed by atoms with Crippen LogP contribution in [0.1, 0.15) is 50.5 Å². The highest BCUT2D eigenvalue weighted by Crippen LogP contribution is 2.44. The van der Waals surface area contributed by atoms with Gasteiger partial charge in [-0.1, -0.05) is 19.3 Å². The fourth-order valence-electron chi connectivity index (χ4n) is 3.83. The Morgan fingerprint density at radius 2 is 1.71 bits per heavy atom. The van der Waals surface area contributed by atoms with Crippen molar-refractivity contribution >= 4 is 11.7 Å². The summed E-state index contributed by atoms with van der Waals surface area (Å²) >= 11 is 0. The molecule has 0 unspecified atom stereocenters. The number of nitrogens with zero attached hydrogens (tertiary/aromatic N) is 1. The molecule has 114 valence electrons. The molecule has 0 radical (unpaired) electrons. The topological polar surface area (TPSA) is 60.8 Å². The summed E-state index contributed by atoms with van der Waals surface area (Å²) in [6.45, 7) is 2.04. The van der Waals surface area contributed by atoms with Crippen LogP contribution in [0.25, 0.3) is 0 Å². The van der Waals surface area contributed by atoms with E-state index in [-0.39, 0.29) is 5.75 Å². The van der Waals surface area contributed by atoms with Crippen LogP contribution in [-0.4, -0.2) is 29.3 Å². The average Bonchev–Trinajstić information content (AvgIpc) is 3.02. The Hall–Kier alpha value is -1.71. The summed E-state index contributed by atoms with van der Waals surface area (Å²) < 4.78 is 0. The summed E-state index contributed by atoms with van der Waals surface area (Å²) in [5.74, 6) is -0.668. The third kappa shape index (κ3) is 2.47. The molecule has 21 heavy (non-hydrogen) atoms. The van der Waals surface area contributed by atoms with Crippen LogP contribution < -0.4 is 4.90 Å². The zero-order valence-electron chi connectivity index (χ0n) is 12.3. The predicted octanol–water partition coefficient (Wildman–Crippen LogP) is 3.28. The summed E-state index contributed by atoms with van der Waals surface area (Å²) in [5.41, 5.74) is 0.753. The minimum atomic E-state index is -0.905. The van der Waals surface area contributed by atoms with Gasteiger partial charge in [-0.05, 0) is 43.9 Å². The molecular formula is C17H23NO3. The molecular weight excluding hydrogens is 266 g/mol. The van der Waals surface area contributed by atoms with Gasteiger partial charge in [-0.15, -0.1) is 0 Å². The Morgan fingerprint density at radius 3 is 2.33 bits per heavy atom. The Bertz CT molecular complexity index is 529. The van der Waals surface area contributed by atoms with E-state index in [2.05, 4.69) is 4.90 Å². The summed E-state index contributed by atoms with van der Waals surface area (Å²) in [6, 6.07) is 5.49. The number of rotatable bonds is 3. The van der Waals surface area contributed by atoms with Crippen molar-refractivity contribution in [2.24, 2.45) is 0 Å². The number of carbonyl (C=O) groups is 1. The van der Waals surface area contributed by atoms with Gasteiger partial charge in [0.1, 0.15) is 5.75 Å². The fourth-order valence-corrected chi connectivity index (χ4v) is 3.83. The van der Waals surface area contributed by atoms with E-state index in [1.165, 1.54) is 12.8 Å². The molecule has 1 saturated heterocycles. The van der Waals surface area contributed by atoms with Gasteiger partial charge < -0.3 is 15.1 Å². The van der Waals surface area contributed by atoms with Gasteiger partial charge in [0.2, 0.25) is 0 Å². The molecule has 0 bridgehead atoms. The van der Waals surface area contributed by atoms with Crippen LogP contribution in [0.15, 0.2) is 18.2 Å². The van der Waals surface area contributed by atoms with E-state index >= 15 is 0 Å². The Kier molecular flexibility index (Phi) is 3.79. The van der Waals surface area contributed by atoms with Crippen LogP contribution in [0.3, 0.4) is 0 Å². The number of phenolic OH excluding ortho intramolecular Hbond substituents is 1. The van der Waals surface area contributed by atoms with Gasteiger partial charge in [-0.3, -0.25) is 4.79 Å². The van der Waals surface area contributed by atoms with E-state index < -0.39 is 11.4 Å². The second-order valence-corrected chi connectivity index (χ2v) is 6.34. The van der Waals surface area contributed by atoms with Crippen LogP contribution in [0.4, 0.5) is 5.69 Å². The molecule has 2 fully saturated rings. The van der Waals surface area contributed by atoms with E-state index in [0.717, 1.165) is 38.0 Å². The highest BCUT2D eigenvalue weighted by atomic mass is 16.4. The van der Waals surface area contributed by atoms with Crippen LogP contribution in [0.5, 0.6) is 5.75 Å². The molecule has 1 aliphatic carbocycles. The number of carboxylic acids is 1. The first kappa shape index (κ1) is 14.2. The predicted molar refractivity (Wildman–Crippen MR) is 82.0 cm³/mol. The lowest BCUT2D eigenvalue weighted by Crippen LogP contribution is -2.38. The van der Waals surface area contributed by atoms with Crippen molar-refractivity contribution in [1.82, 2.24) is 0 Å². The molecule has 1 saturated carbocycles. The molecule has 1 heterocycles. The maximum absolute atomic E-state index is 11.9. The SMILES string of the molecule is O=C(O)C1(c2cc(N3CCCC3)ccc2O)CCCCC1. The van der Waals surface area contributed by atoms with Gasteiger partial charge in [-0.25, -0.2) is 0 Å². The molecule has 0 aromatic heterocycles. The molecule has 1 aromatic carbocycles. The number of hydrogen-bond acceptors (Lipinski definition) is 3. The van der Waals surface area contributed by atoms with E-state index in [4.69, 9.17) is 0 Å². The first-order valence-electron chi connectivity index (χ1n) is 7.95. The van der Waals surface area contributed by atoms with Gasteiger partial charge >= 0.3 is 5.97 Å². The standard InChI is InChI=1S/C17H23NO3/c19-15-7-6-13(18-10-4-5-11-18)12-14(15)17(16(20)21)8-2-1-3-9-17/h6-7,12,19H,1-5,8-11H2,(H,20,21). The largest absolute Gasteiger partial charge is 0.508 e. The smallest absolute Gasteiger partial charge is 0.314 e. The number of benzene rings is 1. The van der Waals surface area contributed by atoms with Crippen molar-refractivity contribution in [3.63, 3.8) is 0 Å². The normalized spacial score (nSPS) is 21.4. The van der Waals surface area contributed by atoms with Crippen LogP contribution in [0, 0.1) is 0 Å². The number of aliphatic carboxylic acids is 1. The molecule has 2 N–H and O–H groups in total. The monoisotopic (exact) mass is 289 g/mol. The maximum Gasteiger partial charge on any atom is 0.314 e. The van der Waals surface area contributed by atoms with Crippen LogP contribution in [0.2, 0.25) is 0 Å². The Balaban J connectivity index is 2.02. The third-order valence-electron chi connectivity index (χ3n) is 5.08. The van der Waals surface area contributed by atoms with Gasteiger partial charge in [-0.2, -0.15) is 0 Å². The molecule has 0 amide bonds. The molecule has 1 aliphatic heterocycles. The quantitative estimate of drug-likeness (QED) is 0.896. The molecule has 4 heteroatoms. The molecule has 0 spiro atoms. The van der Waals surface area contributed by atoms with Crippen molar-refractivity contribution in [3.05, 3.63) is 23.8 Å². The average molecular weight is 289 g/mol. The molecule has 4 nitrogen and oxygen atoms in total. The van der Waals surface area contributed by atoms with E-state index in [1.54, 1.807) is 6.07 Å². The number of carboxylic acid groups (broad SMARTS) is 1. The first-order chi connectivity index (χ1) is 10.1. The summed E-state index contributed by atoms with van der Waals surface area (Å²) in [5, 5.41) is 20.1. The first-order valence-corrected chi connectivity index (χ1v) is 7.95. The van der Waals surface area contributed by atoms with E-state index in [0.29, 0.717) is 18.4 Å². The summed E-state index contributed by atoms with van der Waals surface area (Å²) in [4.78, 5) is 14.2. The van der Waals surface area contributed by atoms with Gasteiger partial charge in [0, 0.05) is 24.3 Å². The minimum absolute atomic E-state index is 0.127. The van der Waals surface area contributed by atoms with E-state index in [9.17, 15) is 15.0 Å². The maximum atomic E-state index is 11.9.